The first-order valence-electron chi connectivity index (χ1n) is 4.40. The summed E-state index contributed by atoms with van der Waals surface area (Å²) in [6.45, 7) is 1.77. The van der Waals surface area contributed by atoms with E-state index in [-0.39, 0.29) is 6.42 Å². The molecule has 0 aromatic rings. The summed E-state index contributed by atoms with van der Waals surface area (Å²) in [5.41, 5.74) is 0. The van der Waals surface area contributed by atoms with E-state index in [1.54, 1.807) is 0 Å². The number of esters is 1. The van der Waals surface area contributed by atoms with Crippen molar-refractivity contribution in [2.75, 3.05) is 27.7 Å². The Morgan fingerprint density at radius 1 is 1.36 bits per heavy atom. The third-order valence-corrected chi connectivity index (χ3v) is 1.49. The van der Waals surface area contributed by atoms with Gasteiger partial charge in [-0.05, 0) is 0 Å². The van der Waals surface area contributed by atoms with Gasteiger partial charge in [0, 0.05) is 6.92 Å². The van der Waals surface area contributed by atoms with Crippen LogP contribution >= 0.6 is 0 Å². The van der Waals surface area contributed by atoms with Crippen LogP contribution in [0.1, 0.15) is 13.3 Å². The van der Waals surface area contributed by atoms with Gasteiger partial charge in [-0.15, -0.1) is 0 Å². The zero-order valence-corrected chi connectivity index (χ0v) is 9.11. The quantitative estimate of drug-likeness (QED) is 0.393. The molecule has 5 heteroatoms. The van der Waals surface area contributed by atoms with Crippen molar-refractivity contribution in [2.24, 2.45) is 0 Å². The molecular weight excluding hydrogens is 187 g/mol. The average molecular weight is 205 g/mol. The van der Waals surface area contributed by atoms with E-state index in [1.807, 2.05) is 21.1 Å². The average Bonchev–Trinajstić information content (AvgIpc) is 1.77. The summed E-state index contributed by atoms with van der Waals surface area (Å²) in [6, 6.07) is 0. The van der Waals surface area contributed by atoms with Crippen LogP contribution in [-0.4, -0.2) is 55.3 Å². The topological polar surface area (TPSA) is 63.6 Å². The Kier molecular flexibility index (Phi) is 4.56. The van der Waals surface area contributed by atoms with Crippen molar-refractivity contribution < 1.29 is 23.9 Å². The van der Waals surface area contributed by atoms with E-state index >= 15 is 0 Å². The van der Waals surface area contributed by atoms with Crippen LogP contribution in [0.3, 0.4) is 0 Å². The molecule has 0 amide bonds. The fourth-order valence-corrected chi connectivity index (χ4v) is 1.18. The van der Waals surface area contributed by atoms with Crippen molar-refractivity contribution in [2.45, 2.75) is 19.4 Å². The van der Waals surface area contributed by atoms with Crippen LogP contribution in [0.15, 0.2) is 0 Å². The van der Waals surface area contributed by atoms with Gasteiger partial charge in [-0.1, -0.05) is 0 Å². The number of carbonyl (C=O) groups excluding carboxylic acids is 1. The molecule has 0 saturated carbocycles. The SMILES string of the molecule is C[13C](=O)OC(CC(=O)O)C[N+](C)(C)C. The Labute approximate surface area is 83.9 Å². The second-order valence-electron chi connectivity index (χ2n) is 4.30. The molecule has 0 radical (unpaired) electrons. The lowest BCUT2D eigenvalue weighted by atomic mass is 10.2. The van der Waals surface area contributed by atoms with Crippen LogP contribution in [0.25, 0.3) is 0 Å². The molecule has 0 saturated heterocycles. The summed E-state index contributed by atoms with van der Waals surface area (Å²) in [6.07, 6.45) is -0.695. The van der Waals surface area contributed by atoms with E-state index in [4.69, 9.17) is 9.84 Å². The number of nitrogens with zero attached hydrogens (tertiary/aromatic N) is 1. The molecule has 14 heavy (non-hydrogen) atoms. The number of carboxylic acid groups (broad SMARTS) is 1. The first-order valence-corrected chi connectivity index (χ1v) is 4.40. The lowest BCUT2D eigenvalue weighted by Gasteiger charge is -2.28. The maximum absolute atomic E-state index is 10.7. The highest BCUT2D eigenvalue weighted by molar-refractivity contribution is 5.69. The molecule has 0 spiro atoms. The molecule has 0 aliphatic rings. The van der Waals surface area contributed by atoms with E-state index in [0.717, 1.165) is 0 Å². The number of rotatable bonds is 5. The number of ether oxygens (including phenoxy) is 1. The summed E-state index contributed by atoms with van der Waals surface area (Å²) in [4.78, 5) is 21.2. The molecule has 1 atom stereocenters. The Morgan fingerprint density at radius 3 is 2.14 bits per heavy atom. The van der Waals surface area contributed by atoms with Gasteiger partial charge in [-0.2, -0.15) is 0 Å². The Morgan fingerprint density at radius 2 is 1.86 bits per heavy atom. The lowest BCUT2D eigenvalue weighted by Crippen LogP contribution is -2.43. The molecule has 1 unspecified atom stereocenters. The van der Waals surface area contributed by atoms with Crippen molar-refractivity contribution in [1.29, 1.82) is 0 Å². The normalized spacial score (nSPS) is 13.4. The van der Waals surface area contributed by atoms with E-state index < -0.39 is 18.0 Å². The second-order valence-corrected chi connectivity index (χ2v) is 4.30. The van der Waals surface area contributed by atoms with E-state index in [0.29, 0.717) is 11.0 Å². The minimum Gasteiger partial charge on any atom is -0.481 e. The highest BCUT2D eigenvalue weighted by Crippen LogP contribution is 2.04. The van der Waals surface area contributed by atoms with Crippen LogP contribution in [0.2, 0.25) is 0 Å². The lowest BCUT2D eigenvalue weighted by molar-refractivity contribution is -0.873. The molecule has 0 aromatic carbocycles. The Hall–Kier alpha value is -1.10. The molecule has 5 nitrogen and oxygen atoms in total. The van der Waals surface area contributed by atoms with E-state index in [9.17, 15) is 9.59 Å². The smallest absolute Gasteiger partial charge is 0.307 e. The summed E-state index contributed by atoms with van der Waals surface area (Å²) < 4.78 is 5.46. The minimum absolute atomic E-state index is 0.144. The van der Waals surface area contributed by atoms with E-state index in [1.165, 1.54) is 6.92 Å². The van der Waals surface area contributed by atoms with Gasteiger partial charge in [0.05, 0.1) is 27.6 Å². The van der Waals surface area contributed by atoms with Crippen LogP contribution < -0.4 is 0 Å². The van der Waals surface area contributed by atoms with Crippen LogP contribution in [-0.2, 0) is 14.3 Å². The monoisotopic (exact) mass is 205 g/mol. The molecule has 0 aliphatic carbocycles. The zero-order chi connectivity index (χ0) is 11.4. The molecule has 82 valence electrons. The molecule has 0 bridgehead atoms. The van der Waals surface area contributed by atoms with Crippen LogP contribution in [0.4, 0.5) is 0 Å². The number of quaternary nitrogens is 1. The van der Waals surface area contributed by atoms with Gasteiger partial charge in [0.1, 0.15) is 6.54 Å². The molecule has 0 heterocycles. The highest BCUT2D eigenvalue weighted by atomic mass is 16.6. The van der Waals surface area contributed by atoms with Crippen molar-refractivity contribution in [3.8, 4) is 0 Å². The molecule has 0 rings (SSSR count). The number of hydrogen-bond donors (Lipinski definition) is 1. The first-order chi connectivity index (χ1) is 6.20. The van der Waals surface area contributed by atoms with Crippen LogP contribution in [0, 0.1) is 0 Å². The van der Waals surface area contributed by atoms with Gasteiger partial charge >= 0.3 is 11.9 Å². The summed E-state index contributed by atoms with van der Waals surface area (Å²) in [7, 11) is 5.75. The molecular formula is C9H18NO4+. The fourth-order valence-electron chi connectivity index (χ4n) is 1.18. The van der Waals surface area contributed by atoms with Gasteiger partial charge in [0.15, 0.2) is 6.10 Å². The third-order valence-electron chi connectivity index (χ3n) is 1.49. The molecule has 0 aliphatic heterocycles. The Bertz CT molecular complexity index is 203. The number of carboxylic acids is 1. The number of likely N-dealkylation sites (N-methyl/N-ethyl adjacent to an activating group) is 1. The predicted octanol–water partition coefficient (Wildman–Crippen LogP) is 0.0990. The van der Waals surface area contributed by atoms with Gasteiger partial charge in [0.25, 0.3) is 0 Å². The molecule has 0 aromatic heterocycles. The van der Waals surface area contributed by atoms with E-state index in [2.05, 4.69) is 0 Å². The summed E-state index contributed by atoms with van der Waals surface area (Å²) in [5.74, 6) is -1.39. The maximum Gasteiger partial charge on any atom is 0.307 e. The number of carbonyl (C=O) groups is 2. The summed E-state index contributed by atoms with van der Waals surface area (Å²) >= 11 is 0. The van der Waals surface area contributed by atoms with Crippen molar-refractivity contribution in [3.63, 3.8) is 0 Å². The van der Waals surface area contributed by atoms with Crippen LogP contribution in [0.5, 0.6) is 0 Å². The van der Waals surface area contributed by atoms with Gasteiger partial charge < -0.3 is 14.3 Å². The van der Waals surface area contributed by atoms with Crippen molar-refractivity contribution >= 4 is 11.9 Å². The van der Waals surface area contributed by atoms with Crippen molar-refractivity contribution in [1.82, 2.24) is 0 Å². The second kappa shape index (κ2) is 4.95. The largest absolute Gasteiger partial charge is 0.481 e. The third kappa shape index (κ3) is 7.54. The molecule has 0 fully saturated rings. The first kappa shape index (κ1) is 12.9. The van der Waals surface area contributed by atoms with Crippen molar-refractivity contribution in [3.05, 3.63) is 0 Å². The van der Waals surface area contributed by atoms with Gasteiger partial charge in [-0.25, -0.2) is 0 Å². The minimum atomic E-state index is -0.954. The Balaban J connectivity index is 4.24. The van der Waals surface area contributed by atoms with Gasteiger partial charge in [0.2, 0.25) is 0 Å². The summed E-state index contributed by atoms with van der Waals surface area (Å²) in [5, 5.41) is 8.60. The maximum atomic E-state index is 10.7. The molecule has 1 N–H and O–H groups in total. The predicted molar refractivity (Wildman–Crippen MR) is 50.7 cm³/mol. The highest BCUT2D eigenvalue weighted by Gasteiger charge is 2.23. The zero-order valence-electron chi connectivity index (χ0n) is 9.11. The number of aliphatic carboxylic acids is 1. The fraction of sp³-hybridized carbons (Fsp3) is 0.778. The number of hydrogen-bond acceptors (Lipinski definition) is 3. The standard InChI is InChI=1S/C9H17NO4/c1-7(11)14-8(5-9(12)13)6-10(2,3)4/h8H,5-6H2,1-4H3/p+1/i7+1. The van der Waals surface area contributed by atoms with Gasteiger partial charge in [-0.3, -0.25) is 9.59 Å².